The molecule has 0 aromatic carbocycles. The first-order valence-corrected chi connectivity index (χ1v) is 7.03. The molecular formula is C16H21N3O. The van der Waals surface area contributed by atoms with Crippen molar-refractivity contribution in [3.8, 4) is 0 Å². The Morgan fingerprint density at radius 1 is 1.15 bits per heavy atom. The van der Waals surface area contributed by atoms with Crippen LogP contribution in [0, 0.1) is 0 Å². The van der Waals surface area contributed by atoms with E-state index in [1.54, 1.807) is 0 Å². The fourth-order valence-corrected chi connectivity index (χ4v) is 2.06. The lowest BCUT2D eigenvalue weighted by Gasteiger charge is -2.22. The van der Waals surface area contributed by atoms with Gasteiger partial charge in [0.15, 0.2) is 0 Å². The highest BCUT2D eigenvalue weighted by Crippen LogP contribution is 2.19. The van der Waals surface area contributed by atoms with Crippen molar-refractivity contribution in [2.75, 3.05) is 11.4 Å². The van der Waals surface area contributed by atoms with Gasteiger partial charge < -0.3 is 10.0 Å². The molecule has 0 spiro atoms. The van der Waals surface area contributed by atoms with Gasteiger partial charge in [-0.2, -0.15) is 0 Å². The first-order chi connectivity index (χ1) is 9.74. The van der Waals surface area contributed by atoms with Gasteiger partial charge in [0.2, 0.25) is 0 Å². The van der Waals surface area contributed by atoms with Crippen molar-refractivity contribution in [2.45, 2.75) is 32.9 Å². The smallest absolute Gasteiger partial charge is 0.0957 e. The summed E-state index contributed by atoms with van der Waals surface area (Å²) < 4.78 is 0. The Morgan fingerprint density at radius 2 is 2.00 bits per heavy atom. The fraction of sp³-hybridized carbons (Fsp3) is 0.375. The molecule has 0 saturated carbocycles. The number of anilines is 1. The van der Waals surface area contributed by atoms with Crippen LogP contribution in [-0.2, 0) is 6.54 Å². The van der Waals surface area contributed by atoms with E-state index in [2.05, 4.69) is 21.8 Å². The van der Waals surface area contributed by atoms with Gasteiger partial charge in [0, 0.05) is 12.7 Å². The molecule has 0 amide bonds. The minimum absolute atomic E-state index is 0.477. The highest BCUT2D eigenvalue weighted by molar-refractivity contribution is 5.45. The zero-order valence-electron chi connectivity index (χ0n) is 12.0. The first-order valence-electron chi connectivity index (χ1n) is 7.03. The molecule has 1 atom stereocenters. The predicted molar refractivity (Wildman–Crippen MR) is 80.4 cm³/mol. The molecule has 2 heterocycles. The Hall–Kier alpha value is -1.94. The van der Waals surface area contributed by atoms with Crippen LogP contribution >= 0.6 is 0 Å². The molecule has 2 aromatic heterocycles. The molecule has 0 saturated heterocycles. The van der Waals surface area contributed by atoms with Crippen molar-refractivity contribution in [1.29, 1.82) is 0 Å². The number of aliphatic hydroxyl groups excluding tert-OH is 1. The third-order valence-corrected chi connectivity index (χ3v) is 3.32. The summed E-state index contributed by atoms with van der Waals surface area (Å²) in [6.07, 6.45) is 3.83. The van der Waals surface area contributed by atoms with Crippen molar-refractivity contribution in [3.05, 3.63) is 54.1 Å². The molecule has 4 nitrogen and oxygen atoms in total. The van der Waals surface area contributed by atoms with Gasteiger partial charge in [0.25, 0.3) is 0 Å². The van der Waals surface area contributed by atoms with Crippen LogP contribution in [0.2, 0.25) is 0 Å². The summed E-state index contributed by atoms with van der Waals surface area (Å²) in [6.45, 7) is 5.69. The molecule has 2 aromatic rings. The second-order valence-electron chi connectivity index (χ2n) is 4.70. The van der Waals surface area contributed by atoms with E-state index in [0.29, 0.717) is 6.42 Å². The van der Waals surface area contributed by atoms with Crippen LogP contribution in [0.3, 0.4) is 0 Å². The van der Waals surface area contributed by atoms with Crippen LogP contribution in [0.4, 0.5) is 5.69 Å². The maximum Gasteiger partial charge on any atom is 0.0957 e. The SMILES string of the molecule is CC[C@H](O)c1ccc(N(CC)Cc2ccccn2)cn1. The quantitative estimate of drug-likeness (QED) is 0.877. The van der Waals surface area contributed by atoms with Crippen molar-refractivity contribution in [3.63, 3.8) is 0 Å². The summed E-state index contributed by atoms with van der Waals surface area (Å²) in [5.41, 5.74) is 2.81. The normalized spacial score (nSPS) is 12.2. The number of hydrogen-bond acceptors (Lipinski definition) is 4. The molecule has 106 valence electrons. The maximum absolute atomic E-state index is 9.77. The van der Waals surface area contributed by atoms with Gasteiger partial charge in [0.1, 0.15) is 0 Å². The summed E-state index contributed by atoms with van der Waals surface area (Å²) in [7, 11) is 0. The van der Waals surface area contributed by atoms with Crippen LogP contribution < -0.4 is 4.90 Å². The molecule has 0 bridgehead atoms. The van der Waals surface area contributed by atoms with Crippen LogP contribution in [0.5, 0.6) is 0 Å². The number of aromatic nitrogens is 2. The van der Waals surface area contributed by atoms with Crippen LogP contribution in [0.1, 0.15) is 37.8 Å². The number of pyridine rings is 2. The van der Waals surface area contributed by atoms with E-state index in [4.69, 9.17) is 0 Å². The van der Waals surface area contributed by atoms with E-state index in [1.807, 2.05) is 49.6 Å². The average Bonchev–Trinajstić information content (AvgIpc) is 2.53. The minimum atomic E-state index is -0.477. The monoisotopic (exact) mass is 271 g/mol. The largest absolute Gasteiger partial charge is 0.387 e. The Balaban J connectivity index is 2.11. The van der Waals surface area contributed by atoms with E-state index < -0.39 is 6.10 Å². The number of hydrogen-bond donors (Lipinski definition) is 1. The van der Waals surface area contributed by atoms with Crippen LogP contribution in [-0.4, -0.2) is 21.6 Å². The summed E-state index contributed by atoms with van der Waals surface area (Å²) >= 11 is 0. The molecule has 0 aliphatic carbocycles. The Labute approximate surface area is 120 Å². The summed E-state index contributed by atoms with van der Waals surface area (Å²) in [5.74, 6) is 0. The molecule has 0 unspecified atom stereocenters. The highest BCUT2D eigenvalue weighted by atomic mass is 16.3. The Bertz CT molecular complexity index is 513. The van der Waals surface area contributed by atoms with Gasteiger partial charge in [-0.25, -0.2) is 0 Å². The molecule has 1 N–H and O–H groups in total. The van der Waals surface area contributed by atoms with E-state index in [-0.39, 0.29) is 0 Å². The Kier molecular flexibility index (Phi) is 5.07. The summed E-state index contributed by atoms with van der Waals surface area (Å²) in [6, 6.07) is 9.83. The lowest BCUT2D eigenvalue weighted by molar-refractivity contribution is 0.169. The molecular weight excluding hydrogens is 250 g/mol. The van der Waals surface area contributed by atoms with E-state index in [0.717, 1.165) is 30.2 Å². The predicted octanol–water partition coefficient (Wildman–Crippen LogP) is 2.95. The second-order valence-corrected chi connectivity index (χ2v) is 4.70. The molecule has 4 heteroatoms. The summed E-state index contributed by atoms with van der Waals surface area (Å²) in [5, 5.41) is 9.77. The van der Waals surface area contributed by atoms with Gasteiger partial charge >= 0.3 is 0 Å². The lowest BCUT2D eigenvalue weighted by atomic mass is 10.2. The average molecular weight is 271 g/mol. The Morgan fingerprint density at radius 3 is 2.55 bits per heavy atom. The zero-order valence-corrected chi connectivity index (χ0v) is 12.0. The van der Waals surface area contributed by atoms with E-state index in [9.17, 15) is 5.11 Å². The highest BCUT2D eigenvalue weighted by Gasteiger charge is 2.09. The summed E-state index contributed by atoms with van der Waals surface area (Å²) in [4.78, 5) is 10.9. The molecule has 0 aliphatic rings. The maximum atomic E-state index is 9.77. The van der Waals surface area contributed by atoms with E-state index in [1.165, 1.54) is 0 Å². The number of aliphatic hydroxyl groups is 1. The fourth-order valence-electron chi connectivity index (χ4n) is 2.06. The second kappa shape index (κ2) is 7.01. The van der Waals surface area contributed by atoms with Crippen molar-refractivity contribution >= 4 is 5.69 Å². The standard InChI is InChI=1S/C16H21N3O/c1-3-16(20)15-9-8-14(11-18-15)19(4-2)12-13-7-5-6-10-17-13/h5-11,16,20H,3-4,12H2,1-2H3/t16-/m0/s1. The number of rotatable bonds is 6. The molecule has 20 heavy (non-hydrogen) atoms. The van der Waals surface area contributed by atoms with Crippen molar-refractivity contribution in [1.82, 2.24) is 9.97 Å². The van der Waals surface area contributed by atoms with Crippen LogP contribution in [0.25, 0.3) is 0 Å². The van der Waals surface area contributed by atoms with Gasteiger partial charge in [-0.1, -0.05) is 13.0 Å². The zero-order chi connectivity index (χ0) is 14.4. The topological polar surface area (TPSA) is 49.2 Å². The van der Waals surface area contributed by atoms with Gasteiger partial charge in [0.05, 0.1) is 35.9 Å². The minimum Gasteiger partial charge on any atom is -0.387 e. The molecule has 0 radical (unpaired) electrons. The van der Waals surface area contributed by atoms with Crippen molar-refractivity contribution < 1.29 is 5.11 Å². The molecule has 0 aliphatic heterocycles. The van der Waals surface area contributed by atoms with Gasteiger partial charge in [-0.05, 0) is 37.6 Å². The van der Waals surface area contributed by atoms with Crippen molar-refractivity contribution in [2.24, 2.45) is 0 Å². The molecule has 0 fully saturated rings. The van der Waals surface area contributed by atoms with Gasteiger partial charge in [-0.15, -0.1) is 0 Å². The van der Waals surface area contributed by atoms with Gasteiger partial charge in [-0.3, -0.25) is 9.97 Å². The molecule has 2 rings (SSSR count). The van der Waals surface area contributed by atoms with E-state index >= 15 is 0 Å². The number of nitrogens with zero attached hydrogens (tertiary/aromatic N) is 3. The first kappa shape index (κ1) is 14.5. The lowest BCUT2D eigenvalue weighted by Crippen LogP contribution is -2.22. The third kappa shape index (κ3) is 3.54. The van der Waals surface area contributed by atoms with Crippen LogP contribution in [0.15, 0.2) is 42.7 Å². The third-order valence-electron chi connectivity index (χ3n) is 3.32.